The van der Waals surface area contributed by atoms with Gasteiger partial charge in [-0.15, -0.1) is 0 Å². The molecule has 5 heteroatoms. The molecule has 1 amide bonds. The maximum atomic E-state index is 11.5. The lowest BCUT2D eigenvalue weighted by Crippen LogP contribution is -2.36. The number of hydrogen-bond donors (Lipinski definition) is 3. The molecule has 0 saturated carbocycles. The molecule has 0 aliphatic carbocycles. The van der Waals surface area contributed by atoms with Crippen molar-refractivity contribution >= 4 is 11.6 Å². The summed E-state index contributed by atoms with van der Waals surface area (Å²) < 4.78 is 0. The summed E-state index contributed by atoms with van der Waals surface area (Å²) in [6.07, 6.45) is 0.184. The van der Waals surface area contributed by atoms with Crippen LogP contribution in [0.25, 0.3) is 0 Å². The predicted molar refractivity (Wildman–Crippen MR) is 75.3 cm³/mol. The number of likely N-dealkylation sites (N-methyl/N-ethyl adjacent to an activating group) is 1. The predicted octanol–water partition coefficient (Wildman–Crippen LogP) is 1.41. The van der Waals surface area contributed by atoms with Gasteiger partial charge < -0.3 is 20.4 Å². The van der Waals surface area contributed by atoms with Crippen molar-refractivity contribution in [2.75, 3.05) is 25.0 Å². The number of nitrogens with zero attached hydrogens (tertiary/aromatic N) is 1. The molecule has 5 nitrogen and oxygen atoms in total. The fourth-order valence-electron chi connectivity index (χ4n) is 1.90. The molecule has 0 bridgehead atoms. The van der Waals surface area contributed by atoms with Gasteiger partial charge in [0.2, 0.25) is 5.91 Å². The fourth-order valence-corrected chi connectivity index (χ4v) is 1.90. The number of rotatable bonds is 6. The summed E-state index contributed by atoms with van der Waals surface area (Å²) in [4.78, 5) is 13.4. The minimum absolute atomic E-state index is 0.0468. The standard InChI is InChI=1S/C14H22N2O3/c1-4-7-16(9-14(19)15-3)11-5-6-12(10(2)17)13(18)8-11/h5-6,8,10,17-18H,4,7,9H2,1-3H3,(H,15,19). The molecule has 0 saturated heterocycles. The third-order valence-corrected chi connectivity index (χ3v) is 2.94. The molecular formula is C14H22N2O3. The van der Waals surface area contributed by atoms with Gasteiger partial charge in [0.25, 0.3) is 0 Å². The molecule has 1 unspecified atom stereocenters. The van der Waals surface area contributed by atoms with Gasteiger partial charge in [-0.1, -0.05) is 13.0 Å². The van der Waals surface area contributed by atoms with Crippen LogP contribution < -0.4 is 10.2 Å². The van der Waals surface area contributed by atoms with Crippen molar-refractivity contribution < 1.29 is 15.0 Å². The number of anilines is 1. The number of hydrogen-bond acceptors (Lipinski definition) is 4. The van der Waals surface area contributed by atoms with Crippen molar-refractivity contribution in [2.24, 2.45) is 0 Å². The van der Waals surface area contributed by atoms with Crippen LogP contribution in [0.1, 0.15) is 31.9 Å². The summed E-state index contributed by atoms with van der Waals surface area (Å²) in [5, 5.41) is 22.0. The number of amides is 1. The van der Waals surface area contributed by atoms with Crippen LogP contribution in [0, 0.1) is 0 Å². The molecule has 1 aromatic carbocycles. The quantitative estimate of drug-likeness (QED) is 0.728. The van der Waals surface area contributed by atoms with E-state index in [1.54, 1.807) is 32.2 Å². The monoisotopic (exact) mass is 266 g/mol. The molecule has 1 rings (SSSR count). The molecule has 0 aliphatic heterocycles. The highest BCUT2D eigenvalue weighted by Gasteiger charge is 2.13. The highest BCUT2D eigenvalue weighted by atomic mass is 16.3. The first-order chi connectivity index (χ1) is 8.99. The summed E-state index contributed by atoms with van der Waals surface area (Å²) in [6, 6.07) is 5.07. The summed E-state index contributed by atoms with van der Waals surface area (Å²) in [5.41, 5.74) is 1.26. The van der Waals surface area contributed by atoms with E-state index < -0.39 is 6.10 Å². The topological polar surface area (TPSA) is 72.8 Å². The van der Waals surface area contributed by atoms with Crippen LogP contribution in [0.15, 0.2) is 18.2 Å². The first-order valence-electron chi connectivity index (χ1n) is 6.46. The zero-order chi connectivity index (χ0) is 14.4. The van der Waals surface area contributed by atoms with E-state index in [1.807, 2.05) is 11.8 Å². The van der Waals surface area contributed by atoms with Gasteiger partial charge in [0.15, 0.2) is 0 Å². The summed E-state index contributed by atoms with van der Waals surface area (Å²) in [5.74, 6) is -0.0296. The second-order valence-corrected chi connectivity index (χ2v) is 4.51. The summed E-state index contributed by atoms with van der Waals surface area (Å²) in [7, 11) is 1.60. The maximum absolute atomic E-state index is 11.5. The molecule has 3 N–H and O–H groups in total. The van der Waals surface area contributed by atoms with E-state index >= 15 is 0 Å². The molecule has 0 fully saturated rings. The minimum atomic E-state index is -0.715. The number of aromatic hydroxyl groups is 1. The lowest BCUT2D eigenvalue weighted by Gasteiger charge is -2.24. The molecule has 1 atom stereocenters. The van der Waals surface area contributed by atoms with Crippen molar-refractivity contribution in [3.05, 3.63) is 23.8 Å². The van der Waals surface area contributed by atoms with Crippen LogP contribution in [-0.4, -0.2) is 36.3 Å². The minimum Gasteiger partial charge on any atom is -0.507 e. The lowest BCUT2D eigenvalue weighted by molar-refractivity contribution is -0.119. The van der Waals surface area contributed by atoms with E-state index in [0.717, 1.165) is 18.7 Å². The van der Waals surface area contributed by atoms with E-state index in [0.29, 0.717) is 5.56 Å². The Morgan fingerprint density at radius 3 is 2.63 bits per heavy atom. The Morgan fingerprint density at radius 1 is 1.47 bits per heavy atom. The zero-order valence-corrected chi connectivity index (χ0v) is 11.7. The number of benzene rings is 1. The zero-order valence-electron chi connectivity index (χ0n) is 11.7. The first kappa shape index (κ1) is 15.3. The van der Waals surface area contributed by atoms with Gasteiger partial charge in [-0.3, -0.25) is 4.79 Å². The van der Waals surface area contributed by atoms with Crippen molar-refractivity contribution in [3.8, 4) is 5.75 Å². The molecule has 19 heavy (non-hydrogen) atoms. The lowest BCUT2D eigenvalue weighted by atomic mass is 10.1. The number of phenolic OH excluding ortho intramolecular Hbond substituents is 1. The fraction of sp³-hybridized carbons (Fsp3) is 0.500. The molecule has 0 heterocycles. The van der Waals surface area contributed by atoms with Gasteiger partial charge in [0, 0.05) is 30.9 Å². The van der Waals surface area contributed by atoms with Crippen LogP contribution in [0.5, 0.6) is 5.75 Å². The molecular weight excluding hydrogens is 244 g/mol. The Kier molecular flexibility index (Phi) is 5.63. The summed E-state index contributed by atoms with van der Waals surface area (Å²) >= 11 is 0. The van der Waals surface area contributed by atoms with Crippen LogP contribution in [0.3, 0.4) is 0 Å². The van der Waals surface area contributed by atoms with Crippen molar-refractivity contribution in [1.29, 1.82) is 0 Å². The Bertz CT molecular complexity index is 433. The second-order valence-electron chi connectivity index (χ2n) is 4.51. The van der Waals surface area contributed by atoms with E-state index in [2.05, 4.69) is 5.32 Å². The highest BCUT2D eigenvalue weighted by Crippen LogP contribution is 2.29. The molecule has 106 valence electrons. The van der Waals surface area contributed by atoms with Crippen molar-refractivity contribution in [3.63, 3.8) is 0 Å². The Morgan fingerprint density at radius 2 is 2.16 bits per heavy atom. The van der Waals surface area contributed by atoms with Crippen molar-refractivity contribution in [1.82, 2.24) is 5.32 Å². The number of nitrogens with one attached hydrogen (secondary N) is 1. The van der Waals surface area contributed by atoms with Gasteiger partial charge in [0.05, 0.1) is 12.6 Å². The van der Waals surface area contributed by atoms with Crippen LogP contribution >= 0.6 is 0 Å². The Labute approximate surface area is 113 Å². The largest absolute Gasteiger partial charge is 0.507 e. The van der Waals surface area contributed by atoms with Crippen molar-refractivity contribution in [2.45, 2.75) is 26.4 Å². The van der Waals surface area contributed by atoms with Crippen LogP contribution in [0.4, 0.5) is 5.69 Å². The summed E-state index contributed by atoms with van der Waals surface area (Å²) in [6.45, 7) is 4.60. The van der Waals surface area contributed by atoms with E-state index in [1.165, 1.54) is 0 Å². The van der Waals surface area contributed by atoms with Crippen LogP contribution in [0.2, 0.25) is 0 Å². The molecule has 0 aromatic heterocycles. The number of aliphatic hydroxyl groups is 1. The Hall–Kier alpha value is -1.75. The third-order valence-electron chi connectivity index (χ3n) is 2.94. The van der Waals surface area contributed by atoms with Gasteiger partial charge >= 0.3 is 0 Å². The maximum Gasteiger partial charge on any atom is 0.239 e. The molecule has 0 radical (unpaired) electrons. The van der Waals surface area contributed by atoms with Crippen LogP contribution in [-0.2, 0) is 4.79 Å². The number of carbonyl (C=O) groups excluding carboxylic acids is 1. The SMILES string of the molecule is CCCN(CC(=O)NC)c1ccc(C(C)O)c(O)c1. The average Bonchev–Trinajstić information content (AvgIpc) is 2.37. The average molecular weight is 266 g/mol. The van der Waals surface area contributed by atoms with E-state index in [9.17, 15) is 15.0 Å². The highest BCUT2D eigenvalue weighted by molar-refractivity contribution is 5.81. The third kappa shape index (κ3) is 4.13. The normalized spacial score (nSPS) is 12.0. The van der Waals surface area contributed by atoms with E-state index in [-0.39, 0.29) is 18.2 Å². The number of carbonyl (C=O) groups is 1. The second kappa shape index (κ2) is 6.99. The van der Waals surface area contributed by atoms with E-state index in [4.69, 9.17) is 0 Å². The van der Waals surface area contributed by atoms with Gasteiger partial charge in [-0.05, 0) is 19.4 Å². The van der Waals surface area contributed by atoms with Gasteiger partial charge in [-0.2, -0.15) is 0 Å². The van der Waals surface area contributed by atoms with Gasteiger partial charge in [0.1, 0.15) is 5.75 Å². The molecule has 0 spiro atoms. The first-order valence-corrected chi connectivity index (χ1v) is 6.46. The molecule has 0 aliphatic rings. The Balaban J connectivity index is 2.96. The smallest absolute Gasteiger partial charge is 0.239 e. The van der Waals surface area contributed by atoms with Gasteiger partial charge in [-0.25, -0.2) is 0 Å². The number of aliphatic hydroxyl groups excluding tert-OH is 1. The number of phenols is 1. The molecule has 1 aromatic rings.